The van der Waals surface area contributed by atoms with Crippen molar-refractivity contribution in [2.24, 2.45) is 0 Å². The molecule has 1 aromatic rings. The highest BCUT2D eigenvalue weighted by Crippen LogP contribution is 2.14. The molecule has 0 aliphatic rings. The Balaban J connectivity index is 2.64. The van der Waals surface area contributed by atoms with Crippen molar-refractivity contribution in [2.75, 3.05) is 0 Å². The molecule has 1 N–H and O–H groups in total. The number of rotatable bonds is 4. The molecule has 74 valence electrons. The van der Waals surface area contributed by atoms with Crippen LogP contribution in [-0.4, -0.2) is 11.2 Å². The average molecular weight is 190 g/mol. The van der Waals surface area contributed by atoms with Crippen molar-refractivity contribution < 1.29 is 9.84 Å². The van der Waals surface area contributed by atoms with E-state index >= 15 is 0 Å². The van der Waals surface area contributed by atoms with Gasteiger partial charge in [0, 0.05) is 0 Å². The van der Waals surface area contributed by atoms with Crippen molar-refractivity contribution in [1.29, 1.82) is 0 Å². The molecule has 1 atom stereocenters. The molecular formula is C12H14O2. The molecule has 1 rings (SSSR count). The fourth-order valence-corrected chi connectivity index (χ4v) is 1.07. The van der Waals surface area contributed by atoms with Gasteiger partial charge in [-0.25, -0.2) is 0 Å². The van der Waals surface area contributed by atoms with Gasteiger partial charge in [0.1, 0.15) is 5.75 Å². The van der Waals surface area contributed by atoms with Crippen LogP contribution in [0.1, 0.15) is 18.9 Å². The smallest absolute Gasteiger partial charge is 0.158 e. The monoisotopic (exact) mass is 190 g/mol. The maximum Gasteiger partial charge on any atom is 0.158 e. The molecule has 0 aliphatic heterocycles. The molecule has 0 saturated carbocycles. The summed E-state index contributed by atoms with van der Waals surface area (Å²) in [6, 6.07) is 7.26. The number of benzene rings is 1. The Morgan fingerprint density at radius 3 is 2.50 bits per heavy atom. The molecule has 0 aromatic heterocycles. The van der Waals surface area contributed by atoms with Gasteiger partial charge in [0.25, 0.3) is 0 Å². The first-order chi connectivity index (χ1) is 6.80. The Morgan fingerprint density at radius 2 is 2.07 bits per heavy atom. The van der Waals surface area contributed by atoms with Crippen molar-refractivity contribution in [2.45, 2.75) is 26.1 Å². The van der Waals surface area contributed by atoms with E-state index in [0.29, 0.717) is 0 Å². The SMILES string of the molecule is C#CC(CC)Oc1ccc(CO)cc1. The summed E-state index contributed by atoms with van der Waals surface area (Å²) in [4.78, 5) is 0. The van der Waals surface area contributed by atoms with Crippen LogP contribution in [0.5, 0.6) is 5.75 Å². The highest BCUT2D eigenvalue weighted by molar-refractivity contribution is 5.27. The molecule has 0 bridgehead atoms. The van der Waals surface area contributed by atoms with Gasteiger partial charge in [0.2, 0.25) is 0 Å². The fourth-order valence-electron chi connectivity index (χ4n) is 1.07. The van der Waals surface area contributed by atoms with Crippen molar-refractivity contribution in [3.8, 4) is 18.1 Å². The molecule has 0 spiro atoms. The third kappa shape index (κ3) is 2.79. The van der Waals surface area contributed by atoms with E-state index in [1.165, 1.54) is 0 Å². The van der Waals surface area contributed by atoms with Crippen molar-refractivity contribution in [1.82, 2.24) is 0 Å². The molecule has 0 amide bonds. The van der Waals surface area contributed by atoms with E-state index in [2.05, 4.69) is 5.92 Å². The third-order valence-corrected chi connectivity index (χ3v) is 1.94. The van der Waals surface area contributed by atoms with E-state index in [1.807, 2.05) is 31.2 Å². The van der Waals surface area contributed by atoms with Gasteiger partial charge in [0.05, 0.1) is 6.61 Å². The highest BCUT2D eigenvalue weighted by atomic mass is 16.5. The molecule has 0 radical (unpaired) electrons. The predicted octanol–water partition coefficient (Wildman–Crippen LogP) is 1.97. The summed E-state index contributed by atoms with van der Waals surface area (Å²) in [5.74, 6) is 3.30. The minimum absolute atomic E-state index is 0.0482. The van der Waals surface area contributed by atoms with Gasteiger partial charge >= 0.3 is 0 Å². The van der Waals surface area contributed by atoms with Crippen LogP contribution in [0, 0.1) is 12.3 Å². The van der Waals surface area contributed by atoms with Crippen LogP contribution in [0.3, 0.4) is 0 Å². The quantitative estimate of drug-likeness (QED) is 0.735. The van der Waals surface area contributed by atoms with E-state index < -0.39 is 0 Å². The van der Waals surface area contributed by atoms with Gasteiger partial charge in [-0.1, -0.05) is 25.0 Å². The van der Waals surface area contributed by atoms with Crippen LogP contribution >= 0.6 is 0 Å². The Kier molecular flexibility index (Phi) is 4.03. The minimum Gasteiger partial charge on any atom is -0.478 e. The van der Waals surface area contributed by atoms with Crippen LogP contribution in [0.15, 0.2) is 24.3 Å². The molecule has 0 heterocycles. The maximum absolute atomic E-state index is 8.83. The van der Waals surface area contributed by atoms with E-state index in [9.17, 15) is 0 Å². The van der Waals surface area contributed by atoms with Gasteiger partial charge in [-0.05, 0) is 24.1 Å². The van der Waals surface area contributed by atoms with Gasteiger partial charge in [0.15, 0.2) is 6.10 Å². The standard InChI is InChI=1S/C12H14O2/c1-3-11(4-2)14-12-7-5-10(9-13)6-8-12/h1,5-8,11,13H,4,9H2,2H3. The number of aliphatic hydroxyl groups is 1. The lowest BCUT2D eigenvalue weighted by Gasteiger charge is -2.11. The summed E-state index contributed by atoms with van der Waals surface area (Å²) in [5.41, 5.74) is 0.867. The van der Waals surface area contributed by atoms with E-state index in [0.717, 1.165) is 17.7 Å². The number of aliphatic hydroxyl groups excluding tert-OH is 1. The number of hydrogen-bond donors (Lipinski definition) is 1. The van der Waals surface area contributed by atoms with E-state index in [-0.39, 0.29) is 12.7 Å². The lowest BCUT2D eigenvalue weighted by molar-refractivity contribution is 0.253. The molecule has 14 heavy (non-hydrogen) atoms. The fraction of sp³-hybridized carbons (Fsp3) is 0.333. The van der Waals surface area contributed by atoms with Crippen LogP contribution in [0.2, 0.25) is 0 Å². The van der Waals surface area contributed by atoms with Gasteiger partial charge in [-0.3, -0.25) is 0 Å². The van der Waals surface area contributed by atoms with Gasteiger partial charge in [-0.15, -0.1) is 6.42 Å². The van der Waals surface area contributed by atoms with Crippen molar-refractivity contribution in [3.05, 3.63) is 29.8 Å². The topological polar surface area (TPSA) is 29.5 Å². The summed E-state index contributed by atoms with van der Waals surface area (Å²) < 4.78 is 5.49. The first-order valence-corrected chi connectivity index (χ1v) is 4.62. The molecule has 1 aromatic carbocycles. The number of hydrogen-bond acceptors (Lipinski definition) is 2. The second kappa shape index (κ2) is 5.31. The Labute approximate surface area is 84.5 Å². The van der Waals surface area contributed by atoms with Crippen molar-refractivity contribution >= 4 is 0 Å². The number of terminal acetylenes is 1. The third-order valence-electron chi connectivity index (χ3n) is 1.94. The zero-order valence-corrected chi connectivity index (χ0v) is 8.23. The number of ether oxygens (including phenoxy) is 1. The second-order valence-corrected chi connectivity index (χ2v) is 2.98. The molecule has 1 unspecified atom stereocenters. The maximum atomic E-state index is 8.83. The lowest BCUT2D eigenvalue weighted by Crippen LogP contribution is -2.11. The zero-order valence-electron chi connectivity index (χ0n) is 8.23. The summed E-state index contributed by atoms with van der Waals surface area (Å²) in [6.07, 6.45) is 5.89. The van der Waals surface area contributed by atoms with Gasteiger partial charge < -0.3 is 9.84 Å². The lowest BCUT2D eigenvalue weighted by atomic mass is 10.2. The second-order valence-electron chi connectivity index (χ2n) is 2.98. The first-order valence-electron chi connectivity index (χ1n) is 4.62. The molecule has 0 fully saturated rings. The molecular weight excluding hydrogens is 176 g/mol. The van der Waals surface area contributed by atoms with Gasteiger partial charge in [-0.2, -0.15) is 0 Å². The summed E-state index contributed by atoms with van der Waals surface area (Å²) in [6.45, 7) is 2.03. The van der Waals surface area contributed by atoms with E-state index in [1.54, 1.807) is 0 Å². The van der Waals surface area contributed by atoms with Crippen molar-refractivity contribution in [3.63, 3.8) is 0 Å². The Hall–Kier alpha value is -1.46. The molecule has 0 saturated heterocycles. The van der Waals surface area contributed by atoms with Crippen LogP contribution in [0.4, 0.5) is 0 Å². The molecule has 0 aliphatic carbocycles. The summed E-state index contributed by atoms with van der Waals surface area (Å²) in [7, 11) is 0. The normalized spacial score (nSPS) is 11.8. The molecule has 2 nitrogen and oxygen atoms in total. The largest absolute Gasteiger partial charge is 0.478 e. The van der Waals surface area contributed by atoms with Crippen LogP contribution in [-0.2, 0) is 6.61 Å². The first kappa shape index (κ1) is 10.6. The summed E-state index contributed by atoms with van der Waals surface area (Å²) >= 11 is 0. The average Bonchev–Trinajstić information content (AvgIpc) is 2.26. The Bertz CT molecular complexity index is 308. The van der Waals surface area contributed by atoms with Crippen LogP contribution in [0.25, 0.3) is 0 Å². The van der Waals surface area contributed by atoms with E-state index in [4.69, 9.17) is 16.3 Å². The zero-order chi connectivity index (χ0) is 10.4. The Morgan fingerprint density at radius 1 is 1.43 bits per heavy atom. The van der Waals surface area contributed by atoms with Crippen LogP contribution < -0.4 is 4.74 Å². The summed E-state index contributed by atoms with van der Waals surface area (Å²) in [5, 5.41) is 8.83. The predicted molar refractivity (Wildman–Crippen MR) is 55.9 cm³/mol. The minimum atomic E-state index is -0.171. The molecule has 2 heteroatoms. The highest BCUT2D eigenvalue weighted by Gasteiger charge is 2.02.